The van der Waals surface area contributed by atoms with Crippen molar-refractivity contribution in [3.63, 3.8) is 0 Å². The van der Waals surface area contributed by atoms with E-state index in [4.69, 9.17) is 11.6 Å². The summed E-state index contributed by atoms with van der Waals surface area (Å²) >= 11 is 9.53. The molecule has 14 heavy (non-hydrogen) atoms. The van der Waals surface area contributed by atoms with Crippen molar-refractivity contribution in [3.8, 4) is 0 Å². The second-order valence-corrected chi connectivity index (χ2v) is 4.97. The molecule has 0 radical (unpaired) electrons. The standard InChI is InChI=1S/C11H15BrClN/c1-8(2)6-14-7-9-4-3-5-10(12)11(9)13/h3-5,8,14H,6-7H2,1-2H3. The van der Waals surface area contributed by atoms with E-state index in [0.29, 0.717) is 5.92 Å². The van der Waals surface area contributed by atoms with Gasteiger partial charge in [0.1, 0.15) is 0 Å². The fraction of sp³-hybridized carbons (Fsp3) is 0.455. The molecular formula is C11H15BrClN. The van der Waals surface area contributed by atoms with Crippen molar-refractivity contribution in [1.82, 2.24) is 5.32 Å². The predicted octanol–water partition coefficient (Wildman–Crippen LogP) is 3.85. The lowest BCUT2D eigenvalue weighted by Crippen LogP contribution is -2.19. The van der Waals surface area contributed by atoms with Gasteiger partial charge in [-0.2, -0.15) is 0 Å². The SMILES string of the molecule is CC(C)CNCc1cccc(Br)c1Cl. The summed E-state index contributed by atoms with van der Waals surface area (Å²) in [6.07, 6.45) is 0. The molecule has 1 rings (SSSR count). The highest BCUT2D eigenvalue weighted by molar-refractivity contribution is 9.10. The smallest absolute Gasteiger partial charge is 0.0592 e. The van der Waals surface area contributed by atoms with Crippen LogP contribution in [-0.4, -0.2) is 6.54 Å². The van der Waals surface area contributed by atoms with Crippen molar-refractivity contribution in [1.29, 1.82) is 0 Å². The van der Waals surface area contributed by atoms with Gasteiger partial charge in [-0.25, -0.2) is 0 Å². The molecule has 0 atom stereocenters. The van der Waals surface area contributed by atoms with E-state index in [1.807, 2.05) is 18.2 Å². The Morgan fingerprint density at radius 2 is 2.14 bits per heavy atom. The normalized spacial score (nSPS) is 10.9. The molecule has 0 amide bonds. The summed E-state index contributed by atoms with van der Waals surface area (Å²) in [7, 11) is 0. The van der Waals surface area contributed by atoms with Crippen molar-refractivity contribution in [2.45, 2.75) is 20.4 Å². The van der Waals surface area contributed by atoms with Crippen LogP contribution >= 0.6 is 27.5 Å². The highest BCUT2D eigenvalue weighted by Gasteiger charge is 2.03. The zero-order valence-corrected chi connectivity index (χ0v) is 10.8. The van der Waals surface area contributed by atoms with Gasteiger partial charge >= 0.3 is 0 Å². The van der Waals surface area contributed by atoms with Gasteiger partial charge in [-0.15, -0.1) is 0 Å². The molecule has 0 saturated heterocycles. The van der Waals surface area contributed by atoms with Gasteiger partial charge in [0, 0.05) is 11.0 Å². The van der Waals surface area contributed by atoms with Crippen molar-refractivity contribution in [2.24, 2.45) is 5.92 Å². The Morgan fingerprint density at radius 3 is 2.79 bits per heavy atom. The first-order chi connectivity index (χ1) is 6.61. The first-order valence-electron chi connectivity index (χ1n) is 4.75. The number of rotatable bonds is 4. The molecule has 0 aliphatic rings. The van der Waals surface area contributed by atoms with Crippen LogP contribution in [0.25, 0.3) is 0 Å². The maximum atomic E-state index is 6.12. The summed E-state index contributed by atoms with van der Waals surface area (Å²) in [6, 6.07) is 6.00. The van der Waals surface area contributed by atoms with E-state index in [0.717, 1.165) is 28.1 Å². The largest absolute Gasteiger partial charge is 0.312 e. The Bertz CT molecular complexity index is 299. The lowest BCUT2D eigenvalue weighted by molar-refractivity contribution is 0.552. The molecule has 1 N–H and O–H groups in total. The van der Waals surface area contributed by atoms with Gasteiger partial charge in [0.15, 0.2) is 0 Å². The molecule has 0 fully saturated rings. The lowest BCUT2D eigenvalue weighted by Gasteiger charge is -2.09. The van der Waals surface area contributed by atoms with Crippen molar-refractivity contribution >= 4 is 27.5 Å². The van der Waals surface area contributed by atoms with Crippen LogP contribution < -0.4 is 5.32 Å². The number of hydrogen-bond donors (Lipinski definition) is 1. The van der Waals surface area contributed by atoms with E-state index < -0.39 is 0 Å². The lowest BCUT2D eigenvalue weighted by atomic mass is 10.2. The molecule has 0 bridgehead atoms. The van der Waals surface area contributed by atoms with Crippen LogP contribution in [0.5, 0.6) is 0 Å². The van der Waals surface area contributed by atoms with E-state index in [2.05, 4.69) is 35.1 Å². The van der Waals surface area contributed by atoms with E-state index in [9.17, 15) is 0 Å². The summed E-state index contributed by atoms with van der Waals surface area (Å²) in [6.45, 7) is 6.23. The van der Waals surface area contributed by atoms with Gasteiger partial charge in [0.25, 0.3) is 0 Å². The Morgan fingerprint density at radius 1 is 1.43 bits per heavy atom. The Hall–Kier alpha value is -0.0500. The minimum atomic E-state index is 0.668. The minimum absolute atomic E-state index is 0.668. The van der Waals surface area contributed by atoms with Gasteiger partial charge in [-0.3, -0.25) is 0 Å². The van der Waals surface area contributed by atoms with Crippen molar-refractivity contribution < 1.29 is 0 Å². The van der Waals surface area contributed by atoms with Gasteiger partial charge < -0.3 is 5.32 Å². The molecule has 0 aliphatic carbocycles. The van der Waals surface area contributed by atoms with E-state index in [-0.39, 0.29) is 0 Å². The van der Waals surface area contributed by atoms with E-state index in [1.165, 1.54) is 0 Å². The van der Waals surface area contributed by atoms with Crippen LogP contribution in [-0.2, 0) is 6.54 Å². The molecular weight excluding hydrogens is 261 g/mol. The van der Waals surface area contributed by atoms with Crippen molar-refractivity contribution in [3.05, 3.63) is 33.3 Å². The van der Waals surface area contributed by atoms with Crippen molar-refractivity contribution in [2.75, 3.05) is 6.54 Å². The first kappa shape index (κ1) is 12.0. The summed E-state index contributed by atoms with van der Waals surface area (Å²) in [5, 5.41) is 4.17. The molecule has 78 valence electrons. The molecule has 0 aliphatic heterocycles. The Kier molecular flexibility index (Phi) is 4.93. The van der Waals surface area contributed by atoms with Crippen LogP contribution in [0, 0.1) is 5.92 Å². The molecule has 1 aromatic rings. The van der Waals surface area contributed by atoms with E-state index >= 15 is 0 Å². The highest BCUT2D eigenvalue weighted by atomic mass is 79.9. The van der Waals surface area contributed by atoms with Gasteiger partial charge in [0.05, 0.1) is 5.02 Å². The molecule has 0 heterocycles. The zero-order valence-electron chi connectivity index (χ0n) is 8.48. The molecule has 0 aromatic heterocycles. The number of benzene rings is 1. The number of hydrogen-bond acceptors (Lipinski definition) is 1. The minimum Gasteiger partial charge on any atom is -0.312 e. The molecule has 0 unspecified atom stereocenters. The van der Waals surface area contributed by atoms with Crippen LogP contribution in [0.2, 0.25) is 5.02 Å². The average molecular weight is 277 g/mol. The Balaban J connectivity index is 2.54. The fourth-order valence-corrected chi connectivity index (χ4v) is 1.78. The second kappa shape index (κ2) is 5.74. The zero-order chi connectivity index (χ0) is 10.6. The maximum Gasteiger partial charge on any atom is 0.0592 e. The molecule has 1 nitrogen and oxygen atoms in total. The molecule has 0 saturated carbocycles. The summed E-state index contributed by atoms with van der Waals surface area (Å²) < 4.78 is 0.961. The highest BCUT2D eigenvalue weighted by Crippen LogP contribution is 2.25. The first-order valence-corrected chi connectivity index (χ1v) is 5.92. The summed E-state index contributed by atoms with van der Waals surface area (Å²) in [4.78, 5) is 0. The average Bonchev–Trinajstić information content (AvgIpc) is 2.12. The van der Waals surface area contributed by atoms with Gasteiger partial charge in [0.2, 0.25) is 0 Å². The van der Waals surface area contributed by atoms with Gasteiger partial charge in [-0.05, 0) is 40.0 Å². The summed E-state index contributed by atoms with van der Waals surface area (Å²) in [5.74, 6) is 0.668. The molecule has 1 aromatic carbocycles. The van der Waals surface area contributed by atoms with Crippen LogP contribution in [0.3, 0.4) is 0 Å². The molecule has 3 heteroatoms. The van der Waals surface area contributed by atoms with Gasteiger partial charge in [-0.1, -0.05) is 37.6 Å². The van der Waals surface area contributed by atoms with Crippen LogP contribution in [0.1, 0.15) is 19.4 Å². The fourth-order valence-electron chi connectivity index (χ4n) is 1.18. The number of halogens is 2. The third-order valence-corrected chi connectivity index (χ3v) is 3.24. The summed E-state index contributed by atoms with van der Waals surface area (Å²) in [5.41, 5.74) is 1.14. The second-order valence-electron chi connectivity index (χ2n) is 3.74. The third-order valence-electron chi connectivity index (χ3n) is 1.90. The van der Waals surface area contributed by atoms with E-state index in [1.54, 1.807) is 0 Å². The third kappa shape index (κ3) is 3.60. The monoisotopic (exact) mass is 275 g/mol. The topological polar surface area (TPSA) is 12.0 Å². The van der Waals surface area contributed by atoms with Crippen LogP contribution in [0.4, 0.5) is 0 Å². The maximum absolute atomic E-state index is 6.12. The quantitative estimate of drug-likeness (QED) is 0.881. The number of nitrogens with one attached hydrogen (secondary N) is 1. The predicted molar refractivity (Wildman–Crippen MR) is 65.7 cm³/mol. The molecule has 0 spiro atoms. The van der Waals surface area contributed by atoms with Crippen LogP contribution in [0.15, 0.2) is 22.7 Å². The Labute approximate surface area is 99.0 Å².